The van der Waals surface area contributed by atoms with Crippen LogP contribution in [0.1, 0.15) is 34.6 Å². The first kappa shape index (κ1) is 8.96. The normalized spacial score (nSPS) is 19.3. The zero-order valence-corrected chi connectivity index (χ0v) is 7.23. The Morgan fingerprint density at radius 1 is 1.11 bits per heavy atom. The number of nitrogens with two attached hydrogens (primary N) is 1. The molecule has 0 aliphatic rings. The molecule has 2 atom stereocenters. The molecule has 0 saturated heterocycles. The van der Waals surface area contributed by atoms with Gasteiger partial charge in [0.2, 0.25) is 0 Å². The van der Waals surface area contributed by atoms with Crippen LogP contribution < -0.4 is 5.73 Å². The van der Waals surface area contributed by atoms with Crippen LogP contribution in [-0.2, 0) is 0 Å². The van der Waals surface area contributed by atoms with Gasteiger partial charge in [0.1, 0.15) is 0 Å². The molecule has 1 unspecified atom stereocenters. The van der Waals surface area contributed by atoms with Crippen LogP contribution >= 0.6 is 0 Å². The second kappa shape index (κ2) is 2.70. The fraction of sp³-hybridized carbons (Fsp3) is 1.00. The Morgan fingerprint density at radius 3 is 1.44 bits per heavy atom. The maximum Gasteiger partial charge on any atom is 0.00411 e. The third kappa shape index (κ3) is 2.85. The Balaban J connectivity index is 3.88. The predicted octanol–water partition coefficient (Wildman–Crippen LogP) is 2.02. The Hall–Kier alpha value is -0.0400. The quantitative estimate of drug-likeness (QED) is 0.576. The lowest BCUT2D eigenvalue weighted by Gasteiger charge is -2.30. The average molecular weight is 129 g/mol. The van der Waals surface area contributed by atoms with Gasteiger partial charge < -0.3 is 5.73 Å². The Bertz CT molecular complexity index is 79.1. The third-order valence-electron chi connectivity index (χ3n) is 2.15. The number of rotatable bonds is 1. The Kier molecular flexibility index (Phi) is 2.68. The van der Waals surface area contributed by atoms with Crippen LogP contribution in [0.4, 0.5) is 0 Å². The van der Waals surface area contributed by atoms with E-state index in [0.717, 1.165) is 0 Å². The molecule has 0 bridgehead atoms. The zero-order valence-electron chi connectivity index (χ0n) is 7.23. The van der Waals surface area contributed by atoms with E-state index in [1.54, 1.807) is 0 Å². The molecule has 0 amide bonds. The summed E-state index contributed by atoms with van der Waals surface area (Å²) in [4.78, 5) is 0. The maximum absolute atomic E-state index is 5.72. The van der Waals surface area contributed by atoms with Crippen molar-refractivity contribution in [2.45, 2.75) is 40.7 Å². The summed E-state index contributed by atoms with van der Waals surface area (Å²) in [6, 6.07) is 0.310. The van der Waals surface area contributed by atoms with Crippen LogP contribution in [0, 0.1) is 11.3 Å². The van der Waals surface area contributed by atoms with Gasteiger partial charge in [-0.1, -0.05) is 27.7 Å². The highest BCUT2D eigenvalue weighted by Crippen LogP contribution is 2.26. The van der Waals surface area contributed by atoms with Crippen LogP contribution in [0.15, 0.2) is 0 Å². The second-order valence-electron chi connectivity index (χ2n) is 4.01. The summed E-state index contributed by atoms with van der Waals surface area (Å²) in [6.07, 6.45) is 0. The summed E-state index contributed by atoms with van der Waals surface area (Å²) in [7, 11) is 0. The van der Waals surface area contributed by atoms with Crippen LogP contribution in [0.3, 0.4) is 0 Å². The van der Waals surface area contributed by atoms with Gasteiger partial charge in [0.25, 0.3) is 0 Å². The van der Waals surface area contributed by atoms with Crippen molar-refractivity contribution in [3.05, 3.63) is 0 Å². The Morgan fingerprint density at radius 2 is 1.44 bits per heavy atom. The lowest BCUT2D eigenvalue weighted by molar-refractivity contribution is 0.230. The molecule has 56 valence electrons. The molecule has 2 N–H and O–H groups in total. The molecular formula is C8H19N. The second-order valence-corrected chi connectivity index (χ2v) is 4.01. The molecule has 0 radical (unpaired) electrons. The maximum atomic E-state index is 5.72. The van der Waals surface area contributed by atoms with Gasteiger partial charge in [0, 0.05) is 6.04 Å². The minimum atomic E-state index is 0.310. The van der Waals surface area contributed by atoms with Crippen molar-refractivity contribution < 1.29 is 0 Å². The van der Waals surface area contributed by atoms with E-state index in [1.807, 2.05) is 0 Å². The average Bonchev–Trinajstić information content (AvgIpc) is 1.62. The minimum Gasteiger partial charge on any atom is -0.328 e. The van der Waals surface area contributed by atoms with Crippen molar-refractivity contribution >= 4 is 0 Å². The molecule has 1 nitrogen and oxygen atoms in total. The topological polar surface area (TPSA) is 26.0 Å². The van der Waals surface area contributed by atoms with Gasteiger partial charge in [-0.3, -0.25) is 0 Å². The molecular weight excluding hydrogens is 110 g/mol. The molecule has 0 aliphatic carbocycles. The van der Waals surface area contributed by atoms with Gasteiger partial charge in [-0.2, -0.15) is 0 Å². The first-order chi connectivity index (χ1) is 3.85. The van der Waals surface area contributed by atoms with Crippen LogP contribution in [0.25, 0.3) is 0 Å². The van der Waals surface area contributed by atoms with E-state index in [-0.39, 0.29) is 0 Å². The molecule has 0 saturated carbocycles. The van der Waals surface area contributed by atoms with Crippen molar-refractivity contribution in [2.24, 2.45) is 17.1 Å². The van der Waals surface area contributed by atoms with Crippen LogP contribution in [0.5, 0.6) is 0 Å². The molecule has 0 aromatic carbocycles. The third-order valence-corrected chi connectivity index (χ3v) is 2.15. The molecule has 0 aromatic heterocycles. The predicted molar refractivity (Wildman–Crippen MR) is 42.3 cm³/mol. The molecule has 1 heteroatoms. The largest absolute Gasteiger partial charge is 0.328 e. The fourth-order valence-corrected chi connectivity index (χ4v) is 0.789. The standard InChI is InChI=1S/C8H19N/c1-6(7(2)9)8(3,4)5/h6-7H,9H2,1-5H3/t6-,7?/m0/s1. The minimum absolute atomic E-state index is 0.310. The highest BCUT2D eigenvalue weighted by molar-refractivity contribution is 4.75. The monoisotopic (exact) mass is 129 g/mol. The SMILES string of the molecule is CC(N)[C@H](C)C(C)(C)C. The number of hydrogen-bond acceptors (Lipinski definition) is 1. The van der Waals surface area contributed by atoms with E-state index in [0.29, 0.717) is 17.4 Å². The summed E-state index contributed by atoms with van der Waals surface area (Å²) in [5, 5.41) is 0. The van der Waals surface area contributed by atoms with Crippen molar-refractivity contribution in [1.29, 1.82) is 0 Å². The molecule has 0 fully saturated rings. The van der Waals surface area contributed by atoms with Gasteiger partial charge >= 0.3 is 0 Å². The molecule has 9 heavy (non-hydrogen) atoms. The van der Waals surface area contributed by atoms with E-state index in [9.17, 15) is 0 Å². The van der Waals surface area contributed by atoms with Gasteiger partial charge in [0.05, 0.1) is 0 Å². The van der Waals surface area contributed by atoms with Crippen molar-refractivity contribution in [3.63, 3.8) is 0 Å². The summed E-state index contributed by atoms with van der Waals surface area (Å²) < 4.78 is 0. The van der Waals surface area contributed by atoms with Gasteiger partial charge in [-0.15, -0.1) is 0 Å². The molecule has 0 aliphatic heterocycles. The van der Waals surface area contributed by atoms with Crippen molar-refractivity contribution in [1.82, 2.24) is 0 Å². The zero-order chi connectivity index (χ0) is 7.65. The number of hydrogen-bond donors (Lipinski definition) is 1. The van der Waals surface area contributed by atoms with Crippen LogP contribution in [-0.4, -0.2) is 6.04 Å². The van der Waals surface area contributed by atoms with Crippen molar-refractivity contribution in [2.75, 3.05) is 0 Å². The van der Waals surface area contributed by atoms with Gasteiger partial charge in [-0.25, -0.2) is 0 Å². The Labute approximate surface area is 58.6 Å². The highest BCUT2D eigenvalue weighted by Gasteiger charge is 2.22. The van der Waals surface area contributed by atoms with E-state index in [1.165, 1.54) is 0 Å². The van der Waals surface area contributed by atoms with Crippen LogP contribution in [0.2, 0.25) is 0 Å². The summed E-state index contributed by atoms with van der Waals surface area (Å²) in [6.45, 7) is 10.9. The van der Waals surface area contributed by atoms with E-state index in [4.69, 9.17) is 5.73 Å². The fourth-order valence-electron chi connectivity index (χ4n) is 0.789. The van der Waals surface area contributed by atoms with Gasteiger partial charge in [0.15, 0.2) is 0 Å². The molecule has 0 heterocycles. The first-order valence-corrected chi connectivity index (χ1v) is 3.61. The molecule has 0 rings (SSSR count). The summed E-state index contributed by atoms with van der Waals surface area (Å²) >= 11 is 0. The van der Waals surface area contributed by atoms with E-state index in [2.05, 4.69) is 34.6 Å². The smallest absolute Gasteiger partial charge is 0.00411 e. The lowest BCUT2D eigenvalue weighted by Crippen LogP contribution is -2.33. The lowest BCUT2D eigenvalue weighted by atomic mass is 9.78. The first-order valence-electron chi connectivity index (χ1n) is 3.61. The van der Waals surface area contributed by atoms with Gasteiger partial charge in [-0.05, 0) is 18.3 Å². The highest BCUT2D eigenvalue weighted by atomic mass is 14.6. The van der Waals surface area contributed by atoms with E-state index >= 15 is 0 Å². The molecule has 0 aromatic rings. The summed E-state index contributed by atoms with van der Waals surface area (Å²) in [5.74, 6) is 0.595. The molecule has 0 spiro atoms. The van der Waals surface area contributed by atoms with Crippen molar-refractivity contribution in [3.8, 4) is 0 Å². The summed E-state index contributed by atoms with van der Waals surface area (Å²) in [5.41, 5.74) is 6.08. The van der Waals surface area contributed by atoms with E-state index < -0.39 is 0 Å².